The van der Waals surface area contributed by atoms with Crippen molar-refractivity contribution in [3.05, 3.63) is 30.9 Å². The van der Waals surface area contributed by atoms with E-state index in [-0.39, 0.29) is 5.91 Å². The molecule has 0 radical (unpaired) electrons. The van der Waals surface area contributed by atoms with Crippen LogP contribution in [0.15, 0.2) is 30.9 Å². The van der Waals surface area contributed by atoms with Crippen LogP contribution in [0.4, 0.5) is 0 Å². The van der Waals surface area contributed by atoms with Crippen molar-refractivity contribution in [1.82, 2.24) is 14.9 Å². The third-order valence-electron chi connectivity index (χ3n) is 3.03. The Morgan fingerprint density at radius 3 is 3.18 bits per heavy atom. The van der Waals surface area contributed by atoms with E-state index in [2.05, 4.69) is 22.5 Å². The molecule has 0 spiro atoms. The minimum atomic E-state index is 0.173. The first-order valence-electron chi connectivity index (χ1n) is 6.23. The lowest BCUT2D eigenvalue weighted by Crippen LogP contribution is -2.26. The summed E-state index contributed by atoms with van der Waals surface area (Å²) in [6, 6.07) is 0. The molecule has 0 unspecified atom stereocenters. The van der Waals surface area contributed by atoms with Gasteiger partial charge in [0.25, 0.3) is 0 Å². The van der Waals surface area contributed by atoms with Gasteiger partial charge in [-0.15, -0.1) is 0 Å². The predicted molar refractivity (Wildman–Crippen MR) is 66.3 cm³/mol. The summed E-state index contributed by atoms with van der Waals surface area (Å²) in [6.07, 6.45) is 13.7. The molecule has 0 bridgehead atoms. The number of amides is 1. The van der Waals surface area contributed by atoms with Crippen molar-refractivity contribution < 1.29 is 4.79 Å². The highest BCUT2D eigenvalue weighted by Crippen LogP contribution is 2.19. The standard InChI is InChI=1S/C13H19N3O/c17-13(10-12-4-1-2-5-12)15-6-3-8-16-9-7-14-11-16/h1,4,7,9,11-12H,2-3,5-6,8,10H2,(H,15,17)/t12-/m0/s1. The van der Waals surface area contributed by atoms with Gasteiger partial charge < -0.3 is 9.88 Å². The molecule has 92 valence electrons. The fourth-order valence-electron chi connectivity index (χ4n) is 2.08. The number of carbonyl (C=O) groups is 1. The van der Waals surface area contributed by atoms with Crippen LogP contribution in [0.25, 0.3) is 0 Å². The minimum absolute atomic E-state index is 0.173. The van der Waals surface area contributed by atoms with E-state index in [0.717, 1.165) is 32.4 Å². The second-order valence-corrected chi connectivity index (χ2v) is 4.47. The quantitative estimate of drug-likeness (QED) is 0.601. The highest BCUT2D eigenvalue weighted by molar-refractivity contribution is 5.76. The molecule has 2 rings (SSSR count). The molecular formula is C13H19N3O. The van der Waals surface area contributed by atoms with Crippen LogP contribution in [0.5, 0.6) is 0 Å². The maximum atomic E-state index is 11.6. The highest BCUT2D eigenvalue weighted by Gasteiger charge is 2.13. The van der Waals surface area contributed by atoms with E-state index in [4.69, 9.17) is 0 Å². The van der Waals surface area contributed by atoms with Crippen LogP contribution in [0.1, 0.15) is 25.7 Å². The van der Waals surface area contributed by atoms with Gasteiger partial charge in [-0.3, -0.25) is 4.79 Å². The van der Waals surface area contributed by atoms with Gasteiger partial charge in [0.2, 0.25) is 5.91 Å². The Kier molecular flexibility index (Phi) is 4.36. The topological polar surface area (TPSA) is 46.9 Å². The number of rotatable bonds is 6. The third-order valence-corrected chi connectivity index (χ3v) is 3.03. The van der Waals surface area contributed by atoms with Crippen molar-refractivity contribution in [1.29, 1.82) is 0 Å². The SMILES string of the molecule is O=C(C[C@H]1C=CCC1)NCCCn1ccnc1. The van der Waals surface area contributed by atoms with Gasteiger partial charge in [-0.2, -0.15) is 0 Å². The van der Waals surface area contributed by atoms with Gasteiger partial charge in [0, 0.05) is 31.9 Å². The molecule has 4 nitrogen and oxygen atoms in total. The Bertz CT molecular complexity index is 370. The fraction of sp³-hybridized carbons (Fsp3) is 0.538. The molecule has 0 fully saturated rings. The number of aryl methyl sites for hydroxylation is 1. The van der Waals surface area contributed by atoms with E-state index in [9.17, 15) is 4.79 Å². The average Bonchev–Trinajstić information content (AvgIpc) is 2.96. The Balaban J connectivity index is 1.55. The Hall–Kier alpha value is -1.58. The molecule has 0 aliphatic heterocycles. The third kappa shape index (κ3) is 4.06. The molecule has 0 saturated heterocycles. The largest absolute Gasteiger partial charge is 0.356 e. The number of allylic oxidation sites excluding steroid dienone is 2. The van der Waals surface area contributed by atoms with E-state index in [1.165, 1.54) is 0 Å². The number of nitrogens with one attached hydrogen (secondary N) is 1. The lowest BCUT2D eigenvalue weighted by atomic mass is 10.1. The van der Waals surface area contributed by atoms with Crippen LogP contribution in [-0.2, 0) is 11.3 Å². The van der Waals surface area contributed by atoms with Crippen LogP contribution in [0.3, 0.4) is 0 Å². The normalized spacial score (nSPS) is 18.5. The van der Waals surface area contributed by atoms with E-state index < -0.39 is 0 Å². The molecule has 1 N–H and O–H groups in total. The molecule has 1 aliphatic rings. The molecule has 0 aromatic carbocycles. The van der Waals surface area contributed by atoms with E-state index in [1.54, 1.807) is 12.5 Å². The lowest BCUT2D eigenvalue weighted by Gasteiger charge is -2.08. The minimum Gasteiger partial charge on any atom is -0.356 e. The summed E-state index contributed by atoms with van der Waals surface area (Å²) in [7, 11) is 0. The zero-order valence-corrected chi connectivity index (χ0v) is 10.0. The molecule has 1 aliphatic carbocycles. The van der Waals surface area contributed by atoms with Crippen LogP contribution in [0.2, 0.25) is 0 Å². The molecule has 1 atom stereocenters. The van der Waals surface area contributed by atoms with Crippen molar-refractivity contribution in [2.75, 3.05) is 6.54 Å². The number of imidazole rings is 1. The molecule has 1 aromatic heterocycles. The van der Waals surface area contributed by atoms with Gasteiger partial charge in [0.05, 0.1) is 6.33 Å². The van der Waals surface area contributed by atoms with E-state index in [0.29, 0.717) is 12.3 Å². The van der Waals surface area contributed by atoms with Crippen molar-refractivity contribution in [2.24, 2.45) is 5.92 Å². The summed E-state index contributed by atoms with van der Waals surface area (Å²) in [5, 5.41) is 2.97. The van der Waals surface area contributed by atoms with Gasteiger partial charge in [-0.25, -0.2) is 4.98 Å². The molecule has 1 aromatic rings. The molecule has 4 heteroatoms. The van der Waals surface area contributed by atoms with Gasteiger partial charge in [-0.05, 0) is 25.2 Å². The Morgan fingerprint density at radius 2 is 2.47 bits per heavy atom. The first kappa shape index (κ1) is 11.9. The smallest absolute Gasteiger partial charge is 0.220 e. The van der Waals surface area contributed by atoms with Gasteiger partial charge in [0.15, 0.2) is 0 Å². The predicted octanol–water partition coefficient (Wildman–Crippen LogP) is 1.75. The first-order valence-corrected chi connectivity index (χ1v) is 6.23. The summed E-state index contributed by atoms with van der Waals surface area (Å²) in [4.78, 5) is 15.6. The van der Waals surface area contributed by atoms with Crippen molar-refractivity contribution in [3.8, 4) is 0 Å². The van der Waals surface area contributed by atoms with Crippen molar-refractivity contribution in [3.63, 3.8) is 0 Å². The molecule has 0 saturated carbocycles. The van der Waals surface area contributed by atoms with Crippen LogP contribution in [-0.4, -0.2) is 22.0 Å². The van der Waals surface area contributed by atoms with Crippen molar-refractivity contribution >= 4 is 5.91 Å². The summed E-state index contributed by atoms with van der Waals surface area (Å²) in [6.45, 7) is 1.65. The van der Waals surface area contributed by atoms with Gasteiger partial charge >= 0.3 is 0 Å². The number of carbonyl (C=O) groups excluding carboxylic acids is 1. The van der Waals surface area contributed by atoms with Crippen LogP contribution in [0, 0.1) is 5.92 Å². The summed E-state index contributed by atoms with van der Waals surface area (Å²) >= 11 is 0. The van der Waals surface area contributed by atoms with Gasteiger partial charge in [-0.1, -0.05) is 12.2 Å². The maximum Gasteiger partial charge on any atom is 0.220 e. The van der Waals surface area contributed by atoms with Crippen molar-refractivity contribution in [2.45, 2.75) is 32.2 Å². The van der Waals surface area contributed by atoms with Gasteiger partial charge in [0.1, 0.15) is 0 Å². The second kappa shape index (κ2) is 6.23. The number of hydrogen-bond donors (Lipinski definition) is 1. The number of aromatic nitrogens is 2. The Labute approximate surface area is 102 Å². The second-order valence-electron chi connectivity index (χ2n) is 4.47. The molecular weight excluding hydrogens is 214 g/mol. The monoisotopic (exact) mass is 233 g/mol. The molecule has 1 amide bonds. The Morgan fingerprint density at radius 1 is 1.53 bits per heavy atom. The van der Waals surface area contributed by atoms with Crippen LogP contribution < -0.4 is 5.32 Å². The zero-order valence-electron chi connectivity index (χ0n) is 10.0. The van der Waals surface area contributed by atoms with Crippen LogP contribution >= 0.6 is 0 Å². The maximum absolute atomic E-state index is 11.6. The lowest BCUT2D eigenvalue weighted by molar-refractivity contribution is -0.121. The van der Waals surface area contributed by atoms with E-state index in [1.807, 2.05) is 10.8 Å². The highest BCUT2D eigenvalue weighted by atomic mass is 16.1. The number of hydrogen-bond acceptors (Lipinski definition) is 2. The van der Waals surface area contributed by atoms with E-state index >= 15 is 0 Å². The molecule has 17 heavy (non-hydrogen) atoms. The zero-order chi connectivity index (χ0) is 11.9. The molecule has 1 heterocycles. The average molecular weight is 233 g/mol. The summed E-state index contributed by atoms with van der Waals surface area (Å²) < 4.78 is 2.02. The summed E-state index contributed by atoms with van der Waals surface area (Å²) in [5.41, 5.74) is 0. The first-order chi connectivity index (χ1) is 8.34. The summed E-state index contributed by atoms with van der Waals surface area (Å²) in [5.74, 6) is 0.635. The fourth-order valence-corrected chi connectivity index (χ4v) is 2.08. The number of nitrogens with zero attached hydrogens (tertiary/aromatic N) is 2.